The number of rotatable bonds is 8. The fourth-order valence-corrected chi connectivity index (χ4v) is 4.32. The minimum Gasteiger partial charge on any atom is -0.467 e. The van der Waals surface area contributed by atoms with Gasteiger partial charge in [-0.3, -0.25) is 4.79 Å². The summed E-state index contributed by atoms with van der Waals surface area (Å²) in [5, 5.41) is 8.49. The molecule has 180 valence electrons. The van der Waals surface area contributed by atoms with Crippen LogP contribution in [0.4, 0.5) is 5.69 Å². The zero-order chi connectivity index (χ0) is 24.5. The van der Waals surface area contributed by atoms with Gasteiger partial charge >= 0.3 is 0 Å². The van der Waals surface area contributed by atoms with Crippen molar-refractivity contribution >= 4 is 22.6 Å². The van der Waals surface area contributed by atoms with E-state index in [1.165, 1.54) is 0 Å². The van der Waals surface area contributed by atoms with E-state index in [2.05, 4.69) is 15.4 Å². The number of furan rings is 1. The molecule has 4 aromatic heterocycles. The van der Waals surface area contributed by atoms with Crippen molar-refractivity contribution in [3.8, 4) is 5.82 Å². The predicted molar refractivity (Wildman–Crippen MR) is 135 cm³/mol. The minimum atomic E-state index is -0.193. The fraction of sp³-hybridized carbons (Fsp3) is 0.214. The summed E-state index contributed by atoms with van der Waals surface area (Å²) < 4.78 is 12.8. The van der Waals surface area contributed by atoms with Crippen LogP contribution in [0.25, 0.3) is 16.9 Å². The van der Waals surface area contributed by atoms with Gasteiger partial charge in [-0.1, -0.05) is 18.2 Å². The molecule has 1 saturated carbocycles. The lowest BCUT2D eigenvalue weighted by Gasteiger charge is -2.11. The number of amides is 1. The van der Waals surface area contributed by atoms with E-state index < -0.39 is 0 Å². The van der Waals surface area contributed by atoms with Crippen LogP contribution in [0.15, 0.2) is 77.5 Å². The minimum absolute atomic E-state index is 0.193. The van der Waals surface area contributed by atoms with Gasteiger partial charge < -0.3 is 14.5 Å². The van der Waals surface area contributed by atoms with E-state index in [0.29, 0.717) is 41.8 Å². The van der Waals surface area contributed by atoms with E-state index in [-0.39, 0.29) is 5.91 Å². The van der Waals surface area contributed by atoms with Crippen LogP contribution >= 0.6 is 0 Å². The number of anilines is 1. The lowest BCUT2D eigenvalue weighted by molar-refractivity contribution is 0.0929. The largest absolute Gasteiger partial charge is 0.467 e. The molecule has 0 spiro atoms. The molecule has 36 heavy (non-hydrogen) atoms. The maximum atomic E-state index is 13.6. The highest BCUT2D eigenvalue weighted by Crippen LogP contribution is 2.40. The van der Waals surface area contributed by atoms with E-state index in [0.717, 1.165) is 40.9 Å². The first kappa shape index (κ1) is 22.2. The molecule has 1 N–H and O–H groups in total. The van der Waals surface area contributed by atoms with Gasteiger partial charge in [0.25, 0.3) is 5.91 Å². The Balaban J connectivity index is 1.29. The Labute approximate surface area is 207 Å². The number of nitrogens with zero attached hydrogens (tertiary/aromatic N) is 4. The molecule has 5 aromatic rings. The van der Waals surface area contributed by atoms with Crippen molar-refractivity contribution in [2.24, 2.45) is 0 Å². The molecule has 4 heterocycles. The van der Waals surface area contributed by atoms with Crippen LogP contribution in [-0.2, 0) is 18.0 Å². The SMILES string of the molecule is Cc1nn(-c2ccccn2)c2nc(C3CC3)cc(C(=O)Nc3cccc(COCc4ccco4)c3)c12. The summed E-state index contributed by atoms with van der Waals surface area (Å²) >= 11 is 0. The third-order valence-electron chi connectivity index (χ3n) is 6.22. The topological polar surface area (TPSA) is 95.1 Å². The van der Waals surface area contributed by atoms with E-state index >= 15 is 0 Å². The molecule has 8 nitrogen and oxygen atoms in total. The Morgan fingerprint density at radius 3 is 2.81 bits per heavy atom. The van der Waals surface area contributed by atoms with Crippen LogP contribution in [0, 0.1) is 6.92 Å². The number of ether oxygens (including phenoxy) is 1. The molecule has 1 fully saturated rings. The van der Waals surface area contributed by atoms with Crippen LogP contribution in [0.1, 0.15) is 51.8 Å². The quantitative estimate of drug-likeness (QED) is 0.313. The van der Waals surface area contributed by atoms with Gasteiger partial charge in [-0.05, 0) is 67.8 Å². The van der Waals surface area contributed by atoms with Gasteiger partial charge in [-0.2, -0.15) is 9.78 Å². The summed E-state index contributed by atoms with van der Waals surface area (Å²) in [6.45, 7) is 2.70. The maximum Gasteiger partial charge on any atom is 0.256 e. The molecule has 1 amide bonds. The Morgan fingerprint density at radius 2 is 2.03 bits per heavy atom. The summed E-state index contributed by atoms with van der Waals surface area (Å²) in [7, 11) is 0. The van der Waals surface area contributed by atoms with E-state index in [1.807, 2.05) is 67.6 Å². The first-order valence-corrected chi connectivity index (χ1v) is 12.0. The van der Waals surface area contributed by atoms with Crippen molar-refractivity contribution in [1.29, 1.82) is 0 Å². The normalized spacial score (nSPS) is 13.2. The predicted octanol–water partition coefficient (Wildman–Crippen LogP) is 5.56. The second-order valence-corrected chi connectivity index (χ2v) is 8.98. The standard InChI is InChI=1S/C28H25N5O3/c1-18-26-23(15-24(20-10-11-20)31-27(26)33(32-18)25-9-2-3-12-29-25)28(34)30-21-7-4-6-19(14-21)16-35-17-22-8-5-13-36-22/h2-9,12-15,20H,10-11,16-17H2,1H3,(H,30,34). The van der Waals surface area contributed by atoms with Crippen molar-refractivity contribution in [3.63, 3.8) is 0 Å². The number of hydrogen-bond acceptors (Lipinski definition) is 6. The highest BCUT2D eigenvalue weighted by molar-refractivity contribution is 6.12. The molecule has 0 aliphatic heterocycles. The Morgan fingerprint density at radius 1 is 1.11 bits per heavy atom. The Kier molecular flexibility index (Phi) is 5.79. The van der Waals surface area contributed by atoms with E-state index in [1.54, 1.807) is 17.1 Å². The summed E-state index contributed by atoms with van der Waals surface area (Å²) in [4.78, 5) is 22.9. The number of carbonyl (C=O) groups is 1. The third kappa shape index (κ3) is 4.50. The second-order valence-electron chi connectivity index (χ2n) is 8.98. The van der Waals surface area contributed by atoms with Crippen LogP contribution in [0.2, 0.25) is 0 Å². The lowest BCUT2D eigenvalue weighted by atomic mass is 10.1. The first-order chi connectivity index (χ1) is 17.7. The maximum absolute atomic E-state index is 13.6. The van der Waals surface area contributed by atoms with Gasteiger partial charge in [0.2, 0.25) is 0 Å². The van der Waals surface area contributed by atoms with Crippen LogP contribution < -0.4 is 5.32 Å². The van der Waals surface area contributed by atoms with Crippen LogP contribution in [0.3, 0.4) is 0 Å². The van der Waals surface area contributed by atoms with Crippen molar-refractivity contribution in [1.82, 2.24) is 19.7 Å². The molecule has 1 aliphatic carbocycles. The van der Waals surface area contributed by atoms with Crippen molar-refractivity contribution < 1.29 is 13.9 Å². The number of benzene rings is 1. The lowest BCUT2D eigenvalue weighted by Crippen LogP contribution is -2.14. The fourth-order valence-electron chi connectivity index (χ4n) is 4.32. The number of nitrogens with one attached hydrogen (secondary N) is 1. The van der Waals surface area contributed by atoms with Gasteiger partial charge in [0, 0.05) is 23.5 Å². The average molecular weight is 480 g/mol. The van der Waals surface area contributed by atoms with E-state index in [9.17, 15) is 4.79 Å². The molecular weight excluding hydrogens is 454 g/mol. The highest BCUT2D eigenvalue weighted by atomic mass is 16.5. The molecule has 8 heteroatoms. The van der Waals surface area contributed by atoms with Gasteiger partial charge in [0.05, 0.1) is 29.5 Å². The molecule has 0 saturated heterocycles. The molecule has 6 rings (SSSR count). The number of carbonyl (C=O) groups excluding carboxylic acids is 1. The van der Waals surface area contributed by atoms with Gasteiger partial charge in [-0.15, -0.1) is 0 Å². The van der Waals surface area contributed by atoms with Gasteiger partial charge in [-0.25, -0.2) is 9.97 Å². The molecular formula is C28H25N5O3. The Hall–Kier alpha value is -4.30. The molecule has 1 aromatic carbocycles. The molecule has 0 atom stereocenters. The summed E-state index contributed by atoms with van der Waals surface area (Å²) in [6.07, 6.45) is 5.51. The third-order valence-corrected chi connectivity index (χ3v) is 6.22. The average Bonchev–Trinajstić information content (AvgIpc) is 3.52. The van der Waals surface area contributed by atoms with Crippen molar-refractivity contribution in [3.05, 3.63) is 101 Å². The monoisotopic (exact) mass is 479 g/mol. The summed E-state index contributed by atoms with van der Waals surface area (Å²) in [5.74, 6) is 1.63. The summed E-state index contributed by atoms with van der Waals surface area (Å²) in [6, 6.07) is 19.0. The molecule has 0 bridgehead atoms. The highest BCUT2D eigenvalue weighted by Gasteiger charge is 2.29. The van der Waals surface area contributed by atoms with Gasteiger partial charge in [0.1, 0.15) is 12.4 Å². The Bertz CT molecular complexity index is 1520. The second kappa shape index (κ2) is 9.39. The molecule has 0 unspecified atom stereocenters. The van der Waals surface area contributed by atoms with Crippen molar-refractivity contribution in [2.45, 2.75) is 38.9 Å². The van der Waals surface area contributed by atoms with Crippen LogP contribution in [0.5, 0.6) is 0 Å². The number of pyridine rings is 2. The number of hydrogen-bond donors (Lipinski definition) is 1. The molecule has 0 radical (unpaired) electrons. The van der Waals surface area contributed by atoms with Crippen LogP contribution in [-0.4, -0.2) is 25.7 Å². The smallest absolute Gasteiger partial charge is 0.256 e. The number of aromatic nitrogens is 4. The van der Waals surface area contributed by atoms with Crippen molar-refractivity contribution in [2.75, 3.05) is 5.32 Å². The molecule has 1 aliphatic rings. The van der Waals surface area contributed by atoms with E-state index in [4.69, 9.17) is 14.1 Å². The summed E-state index contributed by atoms with van der Waals surface area (Å²) in [5.41, 5.74) is 4.53. The number of aryl methyl sites for hydroxylation is 1. The van der Waals surface area contributed by atoms with Gasteiger partial charge in [0.15, 0.2) is 11.5 Å². The first-order valence-electron chi connectivity index (χ1n) is 12.0. The zero-order valence-corrected chi connectivity index (χ0v) is 19.8. The number of fused-ring (bicyclic) bond motifs is 1. The zero-order valence-electron chi connectivity index (χ0n) is 19.8.